The molecular weight excluding hydrogens is 261 g/mol. The van der Waals surface area contributed by atoms with E-state index in [1.807, 2.05) is 0 Å². The molecule has 0 spiro atoms. The Balaban J connectivity index is 2.13. The van der Waals surface area contributed by atoms with Crippen molar-refractivity contribution in [2.24, 2.45) is 0 Å². The molecule has 0 aliphatic rings. The van der Waals surface area contributed by atoms with Crippen molar-refractivity contribution < 1.29 is 13.9 Å². The van der Waals surface area contributed by atoms with Crippen LogP contribution in [0.25, 0.3) is 11.3 Å². The summed E-state index contributed by atoms with van der Waals surface area (Å²) < 4.78 is 23.6. The lowest BCUT2D eigenvalue weighted by molar-refractivity contribution is 0.199. The van der Waals surface area contributed by atoms with E-state index in [9.17, 15) is 4.39 Å². The van der Waals surface area contributed by atoms with Gasteiger partial charge in [-0.3, -0.25) is 5.10 Å². The van der Waals surface area contributed by atoms with E-state index in [-0.39, 0.29) is 5.75 Å². The Morgan fingerprint density at radius 3 is 2.90 bits per heavy atom. The smallest absolute Gasteiger partial charge is 0.165 e. The zero-order chi connectivity index (χ0) is 14.4. The summed E-state index contributed by atoms with van der Waals surface area (Å²) in [5.41, 5.74) is 2.52. The Hall–Kier alpha value is -1.92. The van der Waals surface area contributed by atoms with Crippen molar-refractivity contribution in [2.75, 3.05) is 27.4 Å². The number of methoxy groups -OCH3 is 2. The van der Waals surface area contributed by atoms with Crippen molar-refractivity contribution in [1.29, 1.82) is 0 Å². The van der Waals surface area contributed by atoms with Crippen molar-refractivity contribution in [3.63, 3.8) is 0 Å². The molecule has 2 rings (SSSR count). The maximum absolute atomic E-state index is 13.7. The minimum atomic E-state index is -0.391. The van der Waals surface area contributed by atoms with Crippen LogP contribution in [0.15, 0.2) is 24.4 Å². The molecule has 0 amide bonds. The van der Waals surface area contributed by atoms with Gasteiger partial charge in [0.05, 0.1) is 25.6 Å². The summed E-state index contributed by atoms with van der Waals surface area (Å²) in [6.45, 7) is 2.03. The molecule has 6 heteroatoms. The quantitative estimate of drug-likeness (QED) is 0.761. The van der Waals surface area contributed by atoms with Gasteiger partial charge in [-0.15, -0.1) is 0 Å². The molecule has 2 aromatic rings. The lowest BCUT2D eigenvalue weighted by atomic mass is 10.1. The van der Waals surface area contributed by atoms with Crippen LogP contribution in [0.3, 0.4) is 0 Å². The fourth-order valence-electron chi connectivity index (χ4n) is 1.91. The van der Waals surface area contributed by atoms with Gasteiger partial charge in [-0.1, -0.05) is 0 Å². The van der Waals surface area contributed by atoms with Gasteiger partial charge in [0.2, 0.25) is 0 Å². The third-order valence-corrected chi connectivity index (χ3v) is 2.96. The first-order valence-corrected chi connectivity index (χ1v) is 6.32. The normalized spacial score (nSPS) is 10.8. The molecule has 0 bridgehead atoms. The highest BCUT2D eigenvalue weighted by atomic mass is 19.1. The van der Waals surface area contributed by atoms with Gasteiger partial charge in [0.1, 0.15) is 0 Å². The Morgan fingerprint density at radius 1 is 1.35 bits per heavy atom. The molecule has 5 nitrogen and oxygen atoms in total. The number of hydrogen-bond acceptors (Lipinski definition) is 4. The van der Waals surface area contributed by atoms with Gasteiger partial charge in [0, 0.05) is 31.3 Å². The van der Waals surface area contributed by atoms with Crippen molar-refractivity contribution in [1.82, 2.24) is 15.5 Å². The van der Waals surface area contributed by atoms with Crippen molar-refractivity contribution in [3.05, 3.63) is 35.8 Å². The Bertz CT molecular complexity index is 557. The van der Waals surface area contributed by atoms with Crippen LogP contribution >= 0.6 is 0 Å². The van der Waals surface area contributed by atoms with Gasteiger partial charge in [0.15, 0.2) is 11.6 Å². The van der Waals surface area contributed by atoms with Crippen LogP contribution in [-0.4, -0.2) is 37.6 Å². The summed E-state index contributed by atoms with van der Waals surface area (Å²) in [4.78, 5) is 0. The van der Waals surface area contributed by atoms with E-state index in [1.165, 1.54) is 13.2 Å². The standard InChI is InChI=1S/C14H18FN3O2/c1-19-6-5-16-8-11-9-17-18-14(11)10-3-4-13(20-2)12(15)7-10/h3-4,7,9,16H,5-6,8H2,1-2H3,(H,17,18). The number of H-pyrrole nitrogens is 1. The lowest BCUT2D eigenvalue weighted by Crippen LogP contribution is -2.18. The van der Waals surface area contributed by atoms with E-state index in [0.717, 1.165) is 23.4 Å². The van der Waals surface area contributed by atoms with Crippen LogP contribution in [-0.2, 0) is 11.3 Å². The molecule has 0 saturated heterocycles. The number of aromatic nitrogens is 2. The van der Waals surface area contributed by atoms with Crippen molar-refractivity contribution >= 4 is 0 Å². The average molecular weight is 279 g/mol. The maximum Gasteiger partial charge on any atom is 0.165 e. The summed E-state index contributed by atoms with van der Waals surface area (Å²) in [6.07, 6.45) is 1.73. The monoisotopic (exact) mass is 279 g/mol. The minimum absolute atomic E-state index is 0.230. The van der Waals surface area contributed by atoms with Crippen molar-refractivity contribution in [3.8, 4) is 17.0 Å². The van der Waals surface area contributed by atoms with Gasteiger partial charge in [-0.2, -0.15) is 5.10 Å². The molecule has 0 aliphatic carbocycles. The van der Waals surface area contributed by atoms with Crippen molar-refractivity contribution in [2.45, 2.75) is 6.54 Å². The molecule has 20 heavy (non-hydrogen) atoms. The van der Waals surface area contributed by atoms with Crippen LogP contribution in [0.2, 0.25) is 0 Å². The fraction of sp³-hybridized carbons (Fsp3) is 0.357. The van der Waals surface area contributed by atoms with Crippen LogP contribution in [0.1, 0.15) is 5.56 Å². The molecule has 0 saturated carbocycles. The number of benzene rings is 1. The largest absolute Gasteiger partial charge is 0.494 e. The molecule has 0 fully saturated rings. The van der Waals surface area contributed by atoms with E-state index >= 15 is 0 Å². The third kappa shape index (κ3) is 3.34. The second-order valence-corrected chi connectivity index (χ2v) is 4.29. The molecule has 0 atom stereocenters. The van der Waals surface area contributed by atoms with Gasteiger partial charge in [0.25, 0.3) is 0 Å². The summed E-state index contributed by atoms with van der Waals surface area (Å²) in [5.74, 6) is -0.161. The Labute approximate surface area is 117 Å². The number of halogens is 1. The highest BCUT2D eigenvalue weighted by Gasteiger charge is 2.10. The molecule has 1 heterocycles. The number of rotatable bonds is 7. The highest BCUT2D eigenvalue weighted by molar-refractivity contribution is 5.63. The number of nitrogens with one attached hydrogen (secondary N) is 2. The summed E-state index contributed by atoms with van der Waals surface area (Å²) in [5, 5.41) is 10.2. The van der Waals surface area contributed by atoms with E-state index in [4.69, 9.17) is 9.47 Å². The zero-order valence-corrected chi connectivity index (χ0v) is 11.6. The predicted octanol–water partition coefficient (Wildman–Crippen LogP) is 1.96. The van der Waals surface area contributed by atoms with E-state index in [0.29, 0.717) is 13.2 Å². The molecule has 1 aromatic heterocycles. The number of hydrogen-bond donors (Lipinski definition) is 2. The third-order valence-electron chi connectivity index (χ3n) is 2.96. The van der Waals surface area contributed by atoms with E-state index < -0.39 is 5.82 Å². The number of ether oxygens (including phenoxy) is 2. The van der Waals surface area contributed by atoms with Gasteiger partial charge in [-0.25, -0.2) is 4.39 Å². The van der Waals surface area contributed by atoms with Crippen LogP contribution in [0.5, 0.6) is 5.75 Å². The number of nitrogens with zero attached hydrogens (tertiary/aromatic N) is 1. The molecule has 0 unspecified atom stereocenters. The second kappa shape index (κ2) is 7.02. The molecule has 1 aromatic carbocycles. The summed E-state index contributed by atoms with van der Waals surface area (Å²) >= 11 is 0. The summed E-state index contributed by atoms with van der Waals surface area (Å²) in [7, 11) is 3.10. The predicted molar refractivity (Wildman–Crippen MR) is 74.1 cm³/mol. The molecule has 2 N–H and O–H groups in total. The first-order valence-electron chi connectivity index (χ1n) is 6.32. The van der Waals surface area contributed by atoms with Gasteiger partial charge < -0.3 is 14.8 Å². The van der Waals surface area contributed by atoms with Gasteiger partial charge in [-0.05, 0) is 18.2 Å². The summed E-state index contributed by atoms with van der Waals surface area (Å²) in [6, 6.07) is 4.84. The van der Waals surface area contributed by atoms with E-state index in [1.54, 1.807) is 25.4 Å². The molecule has 108 valence electrons. The Morgan fingerprint density at radius 2 is 2.20 bits per heavy atom. The van der Waals surface area contributed by atoms with Crippen LogP contribution < -0.4 is 10.1 Å². The van der Waals surface area contributed by atoms with E-state index in [2.05, 4.69) is 15.5 Å². The number of aromatic amines is 1. The maximum atomic E-state index is 13.7. The average Bonchev–Trinajstić information content (AvgIpc) is 2.92. The molecule has 0 radical (unpaired) electrons. The van der Waals surface area contributed by atoms with Crippen LogP contribution in [0.4, 0.5) is 4.39 Å². The Kier molecular flexibility index (Phi) is 5.09. The fourth-order valence-corrected chi connectivity index (χ4v) is 1.91. The second-order valence-electron chi connectivity index (χ2n) is 4.29. The van der Waals surface area contributed by atoms with Gasteiger partial charge >= 0.3 is 0 Å². The molecular formula is C14H18FN3O2. The SMILES string of the molecule is COCCNCc1cn[nH]c1-c1ccc(OC)c(F)c1. The first-order chi connectivity index (χ1) is 9.76. The highest BCUT2D eigenvalue weighted by Crippen LogP contribution is 2.26. The molecule has 0 aliphatic heterocycles. The zero-order valence-electron chi connectivity index (χ0n) is 11.6. The minimum Gasteiger partial charge on any atom is -0.494 e. The topological polar surface area (TPSA) is 59.2 Å². The lowest BCUT2D eigenvalue weighted by Gasteiger charge is -2.07. The first kappa shape index (κ1) is 14.5. The van der Waals surface area contributed by atoms with Crippen LogP contribution in [0, 0.1) is 5.82 Å².